The summed E-state index contributed by atoms with van der Waals surface area (Å²) in [4.78, 5) is 42.1. The predicted octanol–water partition coefficient (Wildman–Crippen LogP) is 2.12. The third-order valence-corrected chi connectivity index (χ3v) is 3.02. The molecular formula is C16H29BrO8. The topological polar surface area (TPSA) is 105 Å². The Morgan fingerprint density at radius 3 is 1.44 bits per heavy atom. The van der Waals surface area contributed by atoms with E-state index in [9.17, 15) is 19.2 Å². The van der Waals surface area contributed by atoms with E-state index in [2.05, 4.69) is 34.9 Å². The van der Waals surface area contributed by atoms with Crippen LogP contribution in [0.2, 0.25) is 0 Å². The number of carbonyl (C=O) groups excluding carboxylic acids is 4. The summed E-state index contributed by atoms with van der Waals surface area (Å²) in [5.74, 6) is -1.21. The smallest absolute Gasteiger partial charge is 0.316 e. The normalized spacial score (nSPS) is 9.52. The van der Waals surface area contributed by atoms with Crippen LogP contribution in [0.5, 0.6) is 0 Å². The second kappa shape index (κ2) is 15.9. The fourth-order valence-corrected chi connectivity index (χ4v) is 1.30. The van der Waals surface area contributed by atoms with Gasteiger partial charge in [-0.3, -0.25) is 19.2 Å². The SMILES string of the molecule is COC(=O)C(C)C.COC(=O)CBr.COC(=O)CC(C)(C)C(=O)OC. The fraction of sp³-hybridized carbons (Fsp3) is 0.750. The minimum absolute atomic E-state index is 0.00463. The third-order valence-electron chi connectivity index (χ3n) is 2.56. The van der Waals surface area contributed by atoms with Gasteiger partial charge < -0.3 is 18.9 Å². The van der Waals surface area contributed by atoms with E-state index in [1.807, 2.05) is 0 Å². The van der Waals surface area contributed by atoms with Gasteiger partial charge in [0.25, 0.3) is 0 Å². The molecule has 0 N–H and O–H groups in total. The third kappa shape index (κ3) is 17.0. The largest absolute Gasteiger partial charge is 0.469 e. The molecule has 0 atom stereocenters. The molecule has 0 aromatic carbocycles. The minimum atomic E-state index is -0.804. The van der Waals surface area contributed by atoms with Crippen molar-refractivity contribution in [3.05, 3.63) is 0 Å². The van der Waals surface area contributed by atoms with Gasteiger partial charge in [0, 0.05) is 0 Å². The molecule has 0 unspecified atom stereocenters. The van der Waals surface area contributed by atoms with E-state index >= 15 is 0 Å². The Hall–Kier alpha value is -1.64. The van der Waals surface area contributed by atoms with Crippen molar-refractivity contribution in [3.8, 4) is 0 Å². The van der Waals surface area contributed by atoms with Crippen LogP contribution < -0.4 is 0 Å². The highest BCUT2D eigenvalue weighted by atomic mass is 79.9. The molecule has 148 valence electrons. The van der Waals surface area contributed by atoms with Crippen LogP contribution in [0, 0.1) is 11.3 Å². The Morgan fingerprint density at radius 1 is 0.840 bits per heavy atom. The number of hydrogen-bond acceptors (Lipinski definition) is 8. The van der Waals surface area contributed by atoms with E-state index in [0.29, 0.717) is 0 Å². The maximum absolute atomic E-state index is 11.1. The van der Waals surface area contributed by atoms with Crippen molar-refractivity contribution >= 4 is 39.8 Å². The molecule has 0 bridgehead atoms. The number of alkyl halides is 1. The van der Waals surface area contributed by atoms with Gasteiger partial charge in [0.05, 0.1) is 46.2 Å². The molecule has 0 aliphatic heterocycles. The minimum Gasteiger partial charge on any atom is -0.469 e. The number of hydrogen-bond donors (Lipinski definition) is 0. The highest BCUT2D eigenvalue weighted by Crippen LogP contribution is 2.22. The van der Waals surface area contributed by atoms with Crippen molar-refractivity contribution in [3.63, 3.8) is 0 Å². The predicted molar refractivity (Wildman–Crippen MR) is 95.1 cm³/mol. The van der Waals surface area contributed by atoms with Crippen LogP contribution >= 0.6 is 15.9 Å². The second-order valence-corrected chi connectivity index (χ2v) is 6.08. The van der Waals surface area contributed by atoms with E-state index in [4.69, 9.17) is 0 Å². The molecule has 0 aliphatic carbocycles. The first-order chi connectivity index (χ1) is 11.4. The first-order valence-corrected chi connectivity index (χ1v) is 8.41. The molecular weight excluding hydrogens is 400 g/mol. The summed E-state index contributed by atoms with van der Waals surface area (Å²) in [6.45, 7) is 6.86. The van der Waals surface area contributed by atoms with Gasteiger partial charge in [0.2, 0.25) is 0 Å². The van der Waals surface area contributed by atoms with Crippen molar-refractivity contribution in [2.75, 3.05) is 33.8 Å². The zero-order valence-corrected chi connectivity index (χ0v) is 17.7. The monoisotopic (exact) mass is 428 g/mol. The van der Waals surface area contributed by atoms with Crippen molar-refractivity contribution in [1.82, 2.24) is 0 Å². The lowest BCUT2D eigenvalue weighted by atomic mass is 9.90. The number of esters is 4. The molecule has 25 heavy (non-hydrogen) atoms. The molecule has 0 aliphatic rings. The van der Waals surface area contributed by atoms with Gasteiger partial charge in [0.15, 0.2) is 0 Å². The van der Waals surface area contributed by atoms with Crippen molar-refractivity contribution in [2.24, 2.45) is 11.3 Å². The first kappa shape index (κ1) is 28.2. The molecule has 0 amide bonds. The van der Waals surface area contributed by atoms with Crippen LogP contribution in [0.25, 0.3) is 0 Å². The summed E-state index contributed by atoms with van der Waals surface area (Å²) in [6, 6.07) is 0. The number of carbonyl (C=O) groups is 4. The first-order valence-electron chi connectivity index (χ1n) is 7.29. The maximum atomic E-state index is 11.1. The lowest BCUT2D eigenvalue weighted by Gasteiger charge is -2.19. The van der Waals surface area contributed by atoms with E-state index in [-0.39, 0.29) is 29.6 Å². The molecule has 0 heterocycles. The highest BCUT2D eigenvalue weighted by Gasteiger charge is 2.31. The average molecular weight is 429 g/mol. The van der Waals surface area contributed by atoms with Crippen LogP contribution in [0.4, 0.5) is 0 Å². The van der Waals surface area contributed by atoms with Gasteiger partial charge in [0.1, 0.15) is 5.33 Å². The molecule has 0 fully saturated rings. The summed E-state index contributed by atoms with van der Waals surface area (Å²) < 4.78 is 17.5. The van der Waals surface area contributed by atoms with Crippen LogP contribution in [-0.4, -0.2) is 57.6 Å². The number of halogens is 1. The molecule has 9 heteroatoms. The van der Waals surface area contributed by atoms with Gasteiger partial charge in [-0.05, 0) is 13.8 Å². The Kier molecular flexibility index (Phi) is 17.9. The van der Waals surface area contributed by atoms with Crippen molar-refractivity contribution in [1.29, 1.82) is 0 Å². The van der Waals surface area contributed by atoms with Crippen LogP contribution in [0.3, 0.4) is 0 Å². The Labute approximate surface area is 157 Å². The second-order valence-electron chi connectivity index (χ2n) is 5.52. The van der Waals surface area contributed by atoms with E-state index in [0.717, 1.165) is 0 Å². The van der Waals surface area contributed by atoms with Gasteiger partial charge in [-0.2, -0.15) is 0 Å². The number of ether oxygens (including phenoxy) is 4. The molecule has 0 saturated carbocycles. The molecule has 0 spiro atoms. The summed E-state index contributed by atoms with van der Waals surface area (Å²) in [6.07, 6.45) is 0.0379. The number of rotatable bonds is 5. The Morgan fingerprint density at radius 2 is 1.28 bits per heavy atom. The van der Waals surface area contributed by atoms with Crippen molar-refractivity contribution < 1.29 is 38.1 Å². The number of methoxy groups -OCH3 is 4. The molecule has 0 saturated heterocycles. The summed E-state index contributed by atoms with van der Waals surface area (Å²) in [5, 5.41) is 0.281. The van der Waals surface area contributed by atoms with Crippen LogP contribution in [-0.2, 0) is 38.1 Å². The molecule has 0 radical (unpaired) electrons. The van der Waals surface area contributed by atoms with Gasteiger partial charge >= 0.3 is 23.9 Å². The maximum Gasteiger partial charge on any atom is 0.316 e. The van der Waals surface area contributed by atoms with E-state index in [1.54, 1.807) is 27.7 Å². The van der Waals surface area contributed by atoms with E-state index < -0.39 is 17.4 Å². The van der Waals surface area contributed by atoms with Crippen LogP contribution in [0.1, 0.15) is 34.1 Å². The van der Waals surface area contributed by atoms with Gasteiger partial charge in [-0.1, -0.05) is 29.8 Å². The average Bonchev–Trinajstić information content (AvgIpc) is 2.59. The van der Waals surface area contributed by atoms with Crippen molar-refractivity contribution in [2.45, 2.75) is 34.1 Å². The van der Waals surface area contributed by atoms with Gasteiger partial charge in [-0.25, -0.2) is 0 Å². The molecule has 0 aromatic heterocycles. The molecule has 0 rings (SSSR count). The zero-order valence-electron chi connectivity index (χ0n) is 16.1. The molecule has 0 aromatic rings. The van der Waals surface area contributed by atoms with E-state index in [1.165, 1.54) is 28.4 Å². The zero-order chi connectivity index (χ0) is 20.6. The summed E-state index contributed by atoms with van der Waals surface area (Å²) in [5.41, 5.74) is -0.804. The Bertz CT molecular complexity index is 412. The van der Waals surface area contributed by atoms with Crippen LogP contribution in [0.15, 0.2) is 0 Å². The quantitative estimate of drug-likeness (QED) is 0.372. The summed E-state index contributed by atoms with van der Waals surface area (Å²) in [7, 11) is 5.32. The Balaban J connectivity index is -0.000000317. The van der Waals surface area contributed by atoms with Gasteiger partial charge in [-0.15, -0.1) is 0 Å². The lowest BCUT2D eigenvalue weighted by molar-refractivity contribution is -0.157. The standard InChI is InChI=1S/C8H14O4.C5H10O2.C3H5BrO2/c1-8(2,7(10)12-4)5-6(9)11-3;1-4(2)5(6)7-3;1-6-3(5)2-4/h5H2,1-4H3;4H,1-3H3;2H2,1H3. The lowest BCUT2D eigenvalue weighted by Crippen LogP contribution is -2.28. The summed E-state index contributed by atoms with van der Waals surface area (Å²) >= 11 is 2.90. The highest BCUT2D eigenvalue weighted by molar-refractivity contribution is 9.09. The molecule has 8 nitrogen and oxygen atoms in total. The fourth-order valence-electron chi connectivity index (χ4n) is 1.07.